The van der Waals surface area contributed by atoms with E-state index in [4.69, 9.17) is 4.74 Å². The zero-order chi connectivity index (χ0) is 24.6. The van der Waals surface area contributed by atoms with Gasteiger partial charge in [0.05, 0.1) is 12.0 Å². The summed E-state index contributed by atoms with van der Waals surface area (Å²) >= 11 is 2.72. The van der Waals surface area contributed by atoms with E-state index in [0.29, 0.717) is 27.9 Å². The molecule has 0 spiro atoms. The summed E-state index contributed by atoms with van der Waals surface area (Å²) in [6, 6.07) is 22.1. The molecule has 1 amide bonds. The number of carbonyl (C=O) groups excluding carboxylic acids is 1. The summed E-state index contributed by atoms with van der Waals surface area (Å²) < 4.78 is 19.2. The topological polar surface area (TPSA) is 64.1 Å². The third kappa shape index (κ3) is 6.83. The number of aryl methyl sites for hydroxylation is 1. The van der Waals surface area contributed by atoms with Crippen molar-refractivity contribution in [2.24, 2.45) is 0 Å². The lowest BCUT2D eigenvalue weighted by molar-refractivity contribution is 0.0941. The van der Waals surface area contributed by atoms with Crippen molar-refractivity contribution in [3.8, 4) is 5.75 Å². The van der Waals surface area contributed by atoms with Crippen molar-refractivity contribution in [1.29, 1.82) is 0 Å². The van der Waals surface area contributed by atoms with Gasteiger partial charge in [0.2, 0.25) is 0 Å². The molecule has 178 valence electrons. The third-order valence-corrected chi connectivity index (χ3v) is 7.06. The van der Waals surface area contributed by atoms with Crippen LogP contribution in [0.5, 0.6) is 5.75 Å². The van der Waals surface area contributed by atoms with Crippen molar-refractivity contribution >= 4 is 29.4 Å². The van der Waals surface area contributed by atoms with Crippen LogP contribution in [0.25, 0.3) is 0 Å². The number of hydrogen-bond acceptors (Lipinski definition) is 6. The second kappa shape index (κ2) is 11.9. The molecule has 35 heavy (non-hydrogen) atoms. The van der Waals surface area contributed by atoms with Gasteiger partial charge in [-0.15, -0.1) is 0 Å². The van der Waals surface area contributed by atoms with E-state index in [2.05, 4.69) is 15.3 Å². The Morgan fingerprint density at radius 2 is 1.77 bits per heavy atom. The quantitative estimate of drug-likeness (QED) is 0.213. The van der Waals surface area contributed by atoms with E-state index in [1.165, 1.54) is 29.6 Å². The van der Waals surface area contributed by atoms with Gasteiger partial charge in [-0.3, -0.25) is 4.79 Å². The highest BCUT2D eigenvalue weighted by molar-refractivity contribution is 7.99. The van der Waals surface area contributed by atoms with Gasteiger partial charge in [-0.2, -0.15) is 0 Å². The molecule has 0 unspecified atom stereocenters. The number of amides is 1. The first-order valence-corrected chi connectivity index (χ1v) is 12.7. The van der Waals surface area contributed by atoms with Crippen LogP contribution in [-0.2, 0) is 12.3 Å². The normalized spacial score (nSPS) is 10.7. The van der Waals surface area contributed by atoms with Crippen LogP contribution in [0.4, 0.5) is 4.39 Å². The van der Waals surface area contributed by atoms with Gasteiger partial charge in [0.25, 0.3) is 5.91 Å². The summed E-state index contributed by atoms with van der Waals surface area (Å²) in [4.78, 5) is 23.8. The largest absolute Gasteiger partial charge is 0.497 e. The van der Waals surface area contributed by atoms with Crippen LogP contribution in [0.15, 0.2) is 93.9 Å². The Bertz CT molecular complexity index is 1300. The number of methoxy groups -OCH3 is 1. The molecular formula is C27H24FN3O2S2. The molecular weight excluding hydrogens is 481 g/mol. The maximum absolute atomic E-state index is 14.0. The average molecular weight is 506 g/mol. The Labute approximate surface area is 212 Å². The molecule has 0 radical (unpaired) electrons. The first kappa shape index (κ1) is 24.8. The second-order valence-corrected chi connectivity index (χ2v) is 9.75. The number of nitrogens with zero attached hydrogens (tertiary/aromatic N) is 2. The predicted octanol–water partition coefficient (Wildman–Crippen LogP) is 6.31. The lowest BCUT2D eigenvalue weighted by atomic mass is 10.2. The van der Waals surface area contributed by atoms with Crippen molar-refractivity contribution in [3.05, 3.63) is 107 Å². The molecule has 5 nitrogen and oxygen atoms in total. The number of rotatable bonds is 9. The fourth-order valence-electron chi connectivity index (χ4n) is 3.16. The summed E-state index contributed by atoms with van der Waals surface area (Å²) in [6.07, 6.45) is 1.66. The Morgan fingerprint density at radius 1 is 1.03 bits per heavy atom. The molecule has 0 bridgehead atoms. The number of hydrogen-bond donors (Lipinski definition) is 1. The van der Waals surface area contributed by atoms with E-state index in [0.717, 1.165) is 21.8 Å². The maximum Gasteiger partial charge on any atom is 0.271 e. The van der Waals surface area contributed by atoms with Gasteiger partial charge in [-0.25, -0.2) is 14.4 Å². The minimum Gasteiger partial charge on any atom is -0.497 e. The smallest absolute Gasteiger partial charge is 0.271 e. The van der Waals surface area contributed by atoms with Crippen LogP contribution in [0.2, 0.25) is 0 Å². The third-order valence-electron chi connectivity index (χ3n) is 5.12. The molecule has 8 heteroatoms. The van der Waals surface area contributed by atoms with E-state index in [1.54, 1.807) is 31.5 Å². The molecule has 1 heterocycles. The Hall–Kier alpha value is -3.36. The lowest BCUT2D eigenvalue weighted by Gasteiger charge is -2.11. The van der Waals surface area contributed by atoms with Crippen molar-refractivity contribution in [3.63, 3.8) is 0 Å². The summed E-state index contributed by atoms with van der Waals surface area (Å²) in [5.74, 6) is 0.545. The van der Waals surface area contributed by atoms with Gasteiger partial charge >= 0.3 is 0 Å². The molecule has 1 N–H and O–H groups in total. The van der Waals surface area contributed by atoms with Gasteiger partial charge in [0.15, 0.2) is 5.16 Å². The molecule has 0 aliphatic rings. The van der Waals surface area contributed by atoms with Gasteiger partial charge in [-0.1, -0.05) is 71.6 Å². The van der Waals surface area contributed by atoms with Gasteiger partial charge in [0, 0.05) is 23.4 Å². The molecule has 4 rings (SSSR count). The summed E-state index contributed by atoms with van der Waals surface area (Å²) in [5.41, 5.74) is 2.94. The van der Waals surface area contributed by atoms with Gasteiger partial charge in [0.1, 0.15) is 17.3 Å². The van der Waals surface area contributed by atoms with Gasteiger partial charge in [-0.05, 0) is 48.4 Å². The van der Waals surface area contributed by atoms with E-state index in [-0.39, 0.29) is 17.4 Å². The molecule has 0 saturated carbocycles. The first-order valence-electron chi connectivity index (χ1n) is 10.9. The van der Waals surface area contributed by atoms with Crippen molar-refractivity contribution in [2.75, 3.05) is 7.11 Å². The van der Waals surface area contributed by atoms with Crippen molar-refractivity contribution < 1.29 is 13.9 Å². The van der Waals surface area contributed by atoms with Crippen LogP contribution in [0.1, 0.15) is 27.2 Å². The fourth-order valence-corrected chi connectivity index (χ4v) is 4.83. The van der Waals surface area contributed by atoms with Crippen LogP contribution >= 0.6 is 23.5 Å². The predicted molar refractivity (Wildman–Crippen MR) is 137 cm³/mol. The number of benzene rings is 3. The first-order chi connectivity index (χ1) is 17.0. The molecule has 0 aliphatic carbocycles. The highest BCUT2D eigenvalue weighted by Gasteiger charge is 2.17. The molecule has 1 aromatic heterocycles. The van der Waals surface area contributed by atoms with Crippen molar-refractivity contribution in [1.82, 2.24) is 15.3 Å². The zero-order valence-electron chi connectivity index (χ0n) is 19.3. The van der Waals surface area contributed by atoms with Crippen LogP contribution in [-0.4, -0.2) is 23.0 Å². The number of aromatic nitrogens is 2. The Balaban J connectivity index is 1.54. The lowest BCUT2D eigenvalue weighted by Crippen LogP contribution is -2.25. The van der Waals surface area contributed by atoms with E-state index < -0.39 is 0 Å². The minimum absolute atomic E-state index is 0.274. The van der Waals surface area contributed by atoms with Gasteiger partial charge < -0.3 is 10.1 Å². The summed E-state index contributed by atoms with van der Waals surface area (Å²) in [6.45, 7) is 2.37. The Kier molecular flexibility index (Phi) is 8.39. The maximum atomic E-state index is 14.0. The standard InChI is InChI=1S/C27H24FN3O2S2/c1-18-7-13-22(14-8-18)35-24-16-30-27(34-17-20-5-3-4-6-23(20)28)31-25(24)26(32)29-15-19-9-11-21(33-2)12-10-19/h3-14,16H,15,17H2,1-2H3,(H,29,32). The number of thioether (sulfide) groups is 1. The average Bonchev–Trinajstić information content (AvgIpc) is 2.89. The molecule has 0 atom stereocenters. The molecule has 0 saturated heterocycles. The Morgan fingerprint density at radius 3 is 2.49 bits per heavy atom. The highest BCUT2D eigenvalue weighted by atomic mass is 32.2. The fraction of sp³-hybridized carbons (Fsp3) is 0.148. The number of nitrogens with one attached hydrogen (secondary N) is 1. The molecule has 0 fully saturated rings. The summed E-state index contributed by atoms with van der Waals surface area (Å²) in [5, 5.41) is 3.36. The minimum atomic E-state index is -0.300. The highest BCUT2D eigenvalue weighted by Crippen LogP contribution is 2.31. The van der Waals surface area contributed by atoms with Crippen molar-refractivity contribution in [2.45, 2.75) is 34.2 Å². The molecule has 4 aromatic rings. The van der Waals surface area contributed by atoms with E-state index in [9.17, 15) is 9.18 Å². The van der Waals surface area contributed by atoms with E-state index >= 15 is 0 Å². The number of halogens is 1. The van der Waals surface area contributed by atoms with Crippen LogP contribution in [0, 0.1) is 12.7 Å². The van der Waals surface area contributed by atoms with E-state index in [1.807, 2.05) is 55.5 Å². The van der Waals surface area contributed by atoms with Crippen LogP contribution in [0.3, 0.4) is 0 Å². The molecule has 0 aliphatic heterocycles. The molecule has 3 aromatic carbocycles. The zero-order valence-corrected chi connectivity index (χ0v) is 21.0. The van der Waals surface area contributed by atoms with Crippen LogP contribution < -0.4 is 10.1 Å². The SMILES string of the molecule is COc1ccc(CNC(=O)c2nc(SCc3ccccc3F)ncc2Sc2ccc(C)cc2)cc1. The number of carbonyl (C=O) groups is 1. The number of ether oxygens (including phenoxy) is 1. The summed E-state index contributed by atoms with van der Waals surface area (Å²) in [7, 11) is 1.61. The monoisotopic (exact) mass is 505 g/mol. The second-order valence-electron chi connectivity index (χ2n) is 7.69.